The monoisotopic (exact) mass is 422 g/mol. The number of hydrogen-bond donors (Lipinski definition) is 2. The Hall–Kier alpha value is -4.19. The number of benzene rings is 3. The normalized spacial score (nSPS) is 15.0. The molecule has 2 amide bonds. The Balaban J connectivity index is 1.47. The summed E-state index contributed by atoms with van der Waals surface area (Å²) in [7, 11) is 0. The molecule has 0 aliphatic carbocycles. The van der Waals surface area contributed by atoms with Gasteiger partial charge in [-0.2, -0.15) is 5.10 Å². The lowest BCUT2D eigenvalue weighted by Crippen LogP contribution is -2.33. The standard InChI is InChI=1S/C26H22N4O2/c31-23(27-20-12-6-2-7-13-20)17-19-16-22-24(18-10-4-1-5-11-18)29-30(25(22)28-26(19)32)21-14-8-3-9-15-21/h1-15,19H,16-17H2,(H,27,31)(H,28,32). The number of anilines is 2. The Morgan fingerprint density at radius 1 is 0.938 bits per heavy atom. The van der Waals surface area contributed by atoms with Crippen LogP contribution >= 0.6 is 0 Å². The molecule has 1 aromatic heterocycles. The summed E-state index contributed by atoms with van der Waals surface area (Å²) in [5.41, 5.74) is 4.32. The van der Waals surface area contributed by atoms with Crippen molar-refractivity contribution in [3.63, 3.8) is 0 Å². The molecule has 5 rings (SSSR count). The van der Waals surface area contributed by atoms with Gasteiger partial charge in [0.1, 0.15) is 5.82 Å². The molecule has 2 N–H and O–H groups in total. The van der Waals surface area contributed by atoms with Gasteiger partial charge in [0.05, 0.1) is 17.3 Å². The van der Waals surface area contributed by atoms with Crippen molar-refractivity contribution in [2.45, 2.75) is 12.8 Å². The first-order valence-corrected chi connectivity index (χ1v) is 10.6. The number of carbonyl (C=O) groups excluding carboxylic acids is 2. The average molecular weight is 422 g/mol. The number of fused-ring (bicyclic) bond motifs is 1. The van der Waals surface area contributed by atoms with Gasteiger partial charge in [0.15, 0.2) is 0 Å². The Morgan fingerprint density at radius 3 is 2.25 bits per heavy atom. The first-order chi connectivity index (χ1) is 15.7. The lowest BCUT2D eigenvalue weighted by atomic mass is 9.90. The highest BCUT2D eigenvalue weighted by atomic mass is 16.2. The predicted octanol–water partition coefficient (Wildman–Crippen LogP) is 4.68. The Labute approximate surface area is 185 Å². The molecular formula is C26H22N4O2. The second-order valence-electron chi connectivity index (χ2n) is 7.80. The lowest BCUT2D eigenvalue weighted by molar-refractivity contribution is -0.125. The van der Waals surface area contributed by atoms with Crippen molar-refractivity contribution < 1.29 is 9.59 Å². The van der Waals surface area contributed by atoms with Gasteiger partial charge in [0.2, 0.25) is 11.8 Å². The number of nitrogens with zero attached hydrogens (tertiary/aromatic N) is 2. The van der Waals surface area contributed by atoms with Crippen LogP contribution in [0, 0.1) is 5.92 Å². The molecule has 0 fully saturated rings. The zero-order valence-electron chi connectivity index (χ0n) is 17.4. The number of nitrogens with one attached hydrogen (secondary N) is 2. The first-order valence-electron chi connectivity index (χ1n) is 10.6. The van der Waals surface area contributed by atoms with Crippen molar-refractivity contribution in [2.24, 2.45) is 5.92 Å². The topological polar surface area (TPSA) is 76.0 Å². The van der Waals surface area contributed by atoms with E-state index in [1.807, 2.05) is 91.0 Å². The fourth-order valence-electron chi connectivity index (χ4n) is 4.04. The molecule has 3 aromatic carbocycles. The summed E-state index contributed by atoms with van der Waals surface area (Å²) in [6, 6.07) is 28.9. The predicted molar refractivity (Wildman–Crippen MR) is 125 cm³/mol. The highest BCUT2D eigenvalue weighted by Crippen LogP contribution is 2.36. The molecule has 6 nitrogen and oxygen atoms in total. The minimum absolute atomic E-state index is 0.102. The molecule has 6 heteroatoms. The second-order valence-corrected chi connectivity index (χ2v) is 7.80. The van der Waals surface area contributed by atoms with Crippen LogP contribution in [-0.4, -0.2) is 21.6 Å². The summed E-state index contributed by atoms with van der Waals surface area (Å²) in [5.74, 6) is -0.157. The van der Waals surface area contributed by atoms with E-state index < -0.39 is 5.92 Å². The molecule has 158 valence electrons. The van der Waals surface area contributed by atoms with E-state index in [0.29, 0.717) is 12.2 Å². The Morgan fingerprint density at radius 2 is 1.56 bits per heavy atom. The molecule has 0 spiro atoms. The molecule has 0 radical (unpaired) electrons. The SMILES string of the molecule is O=C(CC1Cc2c(-c3ccccc3)nn(-c3ccccc3)c2NC1=O)Nc1ccccc1. The number of amides is 2. The van der Waals surface area contributed by atoms with E-state index in [1.54, 1.807) is 4.68 Å². The molecular weight excluding hydrogens is 400 g/mol. The van der Waals surface area contributed by atoms with Crippen LogP contribution in [-0.2, 0) is 16.0 Å². The molecule has 1 aliphatic rings. The molecule has 1 unspecified atom stereocenters. The van der Waals surface area contributed by atoms with Gasteiger partial charge < -0.3 is 10.6 Å². The highest BCUT2D eigenvalue weighted by molar-refractivity contribution is 6.00. The largest absolute Gasteiger partial charge is 0.326 e. The van der Waals surface area contributed by atoms with Gasteiger partial charge >= 0.3 is 0 Å². The summed E-state index contributed by atoms with van der Waals surface area (Å²) in [5, 5.41) is 10.7. The van der Waals surface area contributed by atoms with E-state index in [-0.39, 0.29) is 18.2 Å². The maximum Gasteiger partial charge on any atom is 0.229 e. The molecule has 4 aromatic rings. The third-order valence-electron chi connectivity index (χ3n) is 5.58. The number of rotatable bonds is 5. The molecule has 0 bridgehead atoms. The van der Waals surface area contributed by atoms with Crippen LogP contribution in [0.4, 0.5) is 11.5 Å². The zero-order chi connectivity index (χ0) is 21.9. The fraction of sp³-hybridized carbons (Fsp3) is 0.115. The van der Waals surface area contributed by atoms with Crippen LogP contribution in [0.15, 0.2) is 91.0 Å². The van der Waals surface area contributed by atoms with Crippen LogP contribution < -0.4 is 10.6 Å². The molecule has 0 saturated carbocycles. The Bertz CT molecular complexity index is 1250. The second kappa shape index (κ2) is 8.51. The van der Waals surface area contributed by atoms with E-state index in [0.717, 1.165) is 28.2 Å². The quantitative estimate of drug-likeness (QED) is 0.490. The van der Waals surface area contributed by atoms with Crippen molar-refractivity contribution in [1.82, 2.24) is 9.78 Å². The van der Waals surface area contributed by atoms with Crippen molar-refractivity contribution in [3.8, 4) is 16.9 Å². The number of hydrogen-bond acceptors (Lipinski definition) is 3. The summed E-state index contributed by atoms with van der Waals surface area (Å²) in [6.07, 6.45) is 0.547. The van der Waals surface area contributed by atoms with E-state index in [1.165, 1.54) is 0 Å². The van der Waals surface area contributed by atoms with Crippen LogP contribution in [0.3, 0.4) is 0 Å². The van der Waals surface area contributed by atoms with Crippen LogP contribution in [0.5, 0.6) is 0 Å². The van der Waals surface area contributed by atoms with Crippen molar-refractivity contribution in [1.29, 1.82) is 0 Å². The maximum absolute atomic E-state index is 12.9. The molecule has 32 heavy (non-hydrogen) atoms. The third kappa shape index (κ3) is 3.90. The van der Waals surface area contributed by atoms with Crippen LogP contribution in [0.1, 0.15) is 12.0 Å². The molecule has 2 heterocycles. The average Bonchev–Trinajstić information content (AvgIpc) is 3.19. The zero-order valence-corrected chi connectivity index (χ0v) is 17.4. The van der Waals surface area contributed by atoms with Crippen molar-refractivity contribution >= 4 is 23.3 Å². The summed E-state index contributed by atoms with van der Waals surface area (Å²) >= 11 is 0. The van der Waals surface area contributed by atoms with Gasteiger partial charge in [0, 0.05) is 23.2 Å². The van der Waals surface area contributed by atoms with E-state index in [2.05, 4.69) is 10.6 Å². The molecule has 1 aliphatic heterocycles. The van der Waals surface area contributed by atoms with Crippen molar-refractivity contribution in [2.75, 3.05) is 10.6 Å². The van der Waals surface area contributed by atoms with E-state index >= 15 is 0 Å². The van der Waals surface area contributed by atoms with Gasteiger partial charge in [0.25, 0.3) is 0 Å². The summed E-state index contributed by atoms with van der Waals surface area (Å²) < 4.78 is 1.77. The maximum atomic E-state index is 12.9. The summed E-state index contributed by atoms with van der Waals surface area (Å²) in [6.45, 7) is 0. The minimum atomic E-state index is -0.470. The minimum Gasteiger partial charge on any atom is -0.326 e. The Kier molecular flexibility index (Phi) is 5.25. The molecule has 0 saturated heterocycles. The van der Waals surface area contributed by atoms with Gasteiger partial charge in [-0.15, -0.1) is 0 Å². The van der Waals surface area contributed by atoms with Crippen LogP contribution in [0.2, 0.25) is 0 Å². The van der Waals surface area contributed by atoms with Gasteiger partial charge in [-0.3, -0.25) is 9.59 Å². The molecule has 1 atom stereocenters. The first kappa shape index (κ1) is 19.8. The van der Waals surface area contributed by atoms with Gasteiger partial charge in [-0.1, -0.05) is 66.7 Å². The van der Waals surface area contributed by atoms with Crippen molar-refractivity contribution in [3.05, 3.63) is 96.6 Å². The fourth-order valence-corrected chi connectivity index (χ4v) is 4.04. The third-order valence-corrected chi connectivity index (χ3v) is 5.58. The van der Waals surface area contributed by atoms with Crippen LogP contribution in [0.25, 0.3) is 16.9 Å². The lowest BCUT2D eigenvalue weighted by Gasteiger charge is -2.23. The highest BCUT2D eigenvalue weighted by Gasteiger charge is 2.34. The van der Waals surface area contributed by atoms with E-state index in [4.69, 9.17) is 5.10 Å². The smallest absolute Gasteiger partial charge is 0.229 e. The number of aromatic nitrogens is 2. The van der Waals surface area contributed by atoms with E-state index in [9.17, 15) is 9.59 Å². The summed E-state index contributed by atoms with van der Waals surface area (Å²) in [4.78, 5) is 25.5. The number of para-hydroxylation sites is 2. The number of carbonyl (C=O) groups is 2. The van der Waals surface area contributed by atoms with Gasteiger partial charge in [-0.05, 0) is 30.7 Å². The van der Waals surface area contributed by atoms with Gasteiger partial charge in [-0.25, -0.2) is 4.68 Å².